The third-order valence-corrected chi connectivity index (χ3v) is 4.78. The van der Waals surface area contributed by atoms with E-state index in [1.165, 1.54) is 0 Å². The number of benzene rings is 1. The quantitative estimate of drug-likeness (QED) is 0.821. The van der Waals surface area contributed by atoms with Crippen molar-refractivity contribution in [2.24, 2.45) is 7.05 Å². The lowest BCUT2D eigenvalue weighted by atomic mass is 10.1. The zero-order valence-electron chi connectivity index (χ0n) is 15.4. The van der Waals surface area contributed by atoms with Crippen molar-refractivity contribution in [3.63, 3.8) is 0 Å². The summed E-state index contributed by atoms with van der Waals surface area (Å²) in [6.07, 6.45) is 0.651. The number of fused-ring (bicyclic) bond motifs is 1. The Morgan fingerprint density at radius 1 is 1.12 bits per heavy atom. The topological polar surface area (TPSA) is 84.3 Å². The van der Waals surface area contributed by atoms with Crippen LogP contribution in [-0.4, -0.2) is 45.5 Å². The monoisotopic (exact) mass is 354 g/mol. The molecule has 0 atom stereocenters. The highest BCUT2D eigenvalue weighted by atomic mass is 16.2. The fourth-order valence-electron chi connectivity index (χ4n) is 3.25. The summed E-state index contributed by atoms with van der Waals surface area (Å²) < 4.78 is 1.81. The van der Waals surface area contributed by atoms with Gasteiger partial charge in [-0.25, -0.2) is 0 Å². The highest BCUT2D eigenvalue weighted by Gasteiger charge is 2.36. The van der Waals surface area contributed by atoms with Gasteiger partial charge in [-0.3, -0.25) is 24.0 Å². The van der Waals surface area contributed by atoms with E-state index in [0.29, 0.717) is 24.1 Å². The summed E-state index contributed by atoms with van der Waals surface area (Å²) in [5.74, 6) is -1.18. The second-order valence-electron chi connectivity index (χ2n) is 6.62. The molecule has 7 heteroatoms. The van der Waals surface area contributed by atoms with Gasteiger partial charge in [0.05, 0.1) is 16.8 Å². The van der Waals surface area contributed by atoms with E-state index in [4.69, 9.17) is 0 Å². The number of amides is 3. The Hall–Kier alpha value is -2.96. The normalized spacial score (nSPS) is 13.3. The number of aryl methyl sites for hydroxylation is 3. The number of hydrogen-bond acceptors (Lipinski definition) is 4. The van der Waals surface area contributed by atoms with Gasteiger partial charge in [0, 0.05) is 19.3 Å². The van der Waals surface area contributed by atoms with Gasteiger partial charge in [-0.1, -0.05) is 11.6 Å². The minimum absolute atomic E-state index is 0.267. The Labute approximate surface area is 152 Å². The molecular weight excluding hydrogens is 332 g/mol. The largest absolute Gasteiger partial charge is 0.354 e. The number of nitrogens with one attached hydrogen (secondary N) is 1. The number of hydrogen-bond donors (Lipinski definition) is 1. The van der Waals surface area contributed by atoms with Gasteiger partial charge in [0.15, 0.2) is 0 Å². The van der Waals surface area contributed by atoms with Gasteiger partial charge >= 0.3 is 0 Å². The molecule has 0 aliphatic carbocycles. The van der Waals surface area contributed by atoms with Crippen molar-refractivity contribution >= 4 is 17.7 Å². The van der Waals surface area contributed by atoms with E-state index in [1.54, 1.807) is 18.2 Å². The second kappa shape index (κ2) is 6.74. The summed E-state index contributed by atoms with van der Waals surface area (Å²) >= 11 is 0. The number of carbonyl (C=O) groups is 3. The van der Waals surface area contributed by atoms with E-state index in [9.17, 15) is 14.4 Å². The van der Waals surface area contributed by atoms with Crippen molar-refractivity contribution in [1.82, 2.24) is 20.0 Å². The fourth-order valence-corrected chi connectivity index (χ4v) is 3.25. The van der Waals surface area contributed by atoms with Crippen LogP contribution in [0.1, 0.15) is 43.2 Å². The van der Waals surface area contributed by atoms with Crippen molar-refractivity contribution in [2.45, 2.75) is 27.2 Å². The highest BCUT2D eigenvalue weighted by Crippen LogP contribution is 2.23. The Bertz CT molecular complexity index is 914. The molecule has 0 saturated carbocycles. The van der Waals surface area contributed by atoms with Gasteiger partial charge in [0.1, 0.15) is 6.54 Å². The van der Waals surface area contributed by atoms with E-state index < -0.39 is 11.8 Å². The molecular formula is C19H22N4O3. The molecule has 1 N–H and O–H groups in total. The average molecular weight is 354 g/mol. The molecule has 0 spiro atoms. The first kappa shape index (κ1) is 17.8. The lowest BCUT2D eigenvalue weighted by Crippen LogP contribution is -2.40. The maximum atomic E-state index is 12.4. The summed E-state index contributed by atoms with van der Waals surface area (Å²) in [6.45, 7) is 5.93. The summed E-state index contributed by atoms with van der Waals surface area (Å²) in [5, 5.41) is 7.13. The molecule has 0 unspecified atom stereocenters. The molecule has 26 heavy (non-hydrogen) atoms. The first-order valence-corrected chi connectivity index (χ1v) is 8.52. The van der Waals surface area contributed by atoms with Crippen molar-refractivity contribution < 1.29 is 14.4 Å². The summed E-state index contributed by atoms with van der Waals surface area (Å²) in [6, 6.07) is 5.10. The average Bonchev–Trinajstić information content (AvgIpc) is 2.96. The molecule has 3 rings (SSSR count). The highest BCUT2D eigenvalue weighted by molar-refractivity contribution is 6.22. The fraction of sp³-hybridized carbons (Fsp3) is 0.368. The smallest absolute Gasteiger partial charge is 0.262 e. The molecule has 0 fully saturated rings. The van der Waals surface area contributed by atoms with Crippen LogP contribution >= 0.6 is 0 Å². The Balaban J connectivity index is 1.59. The van der Waals surface area contributed by atoms with Crippen LogP contribution in [0.3, 0.4) is 0 Å². The van der Waals surface area contributed by atoms with E-state index in [-0.39, 0.29) is 12.5 Å². The Morgan fingerprint density at radius 3 is 2.46 bits per heavy atom. The molecule has 0 bridgehead atoms. The molecule has 2 heterocycles. The van der Waals surface area contributed by atoms with Crippen molar-refractivity contribution in [3.8, 4) is 0 Å². The molecule has 136 valence electrons. The molecule has 7 nitrogen and oxygen atoms in total. The van der Waals surface area contributed by atoms with Crippen LogP contribution < -0.4 is 5.32 Å². The van der Waals surface area contributed by atoms with Gasteiger partial charge < -0.3 is 5.32 Å². The number of rotatable bonds is 5. The van der Waals surface area contributed by atoms with E-state index in [1.807, 2.05) is 32.5 Å². The SMILES string of the molecule is Cc1ccc2c(c1)C(=O)N(CC(=O)NCCc1c(C)nn(C)c1C)C2=O. The molecule has 0 saturated heterocycles. The predicted octanol–water partition coefficient (Wildman–Crippen LogP) is 1.30. The van der Waals surface area contributed by atoms with Gasteiger partial charge in [-0.05, 0) is 44.9 Å². The van der Waals surface area contributed by atoms with Crippen LogP contribution in [0.15, 0.2) is 18.2 Å². The zero-order valence-corrected chi connectivity index (χ0v) is 15.4. The van der Waals surface area contributed by atoms with Gasteiger partial charge in [0.2, 0.25) is 5.91 Å². The maximum absolute atomic E-state index is 12.4. The van der Waals surface area contributed by atoms with Crippen LogP contribution in [0, 0.1) is 20.8 Å². The lowest BCUT2D eigenvalue weighted by Gasteiger charge is -2.13. The third-order valence-electron chi connectivity index (χ3n) is 4.78. The molecule has 2 aromatic rings. The Kier molecular flexibility index (Phi) is 4.63. The van der Waals surface area contributed by atoms with E-state index >= 15 is 0 Å². The van der Waals surface area contributed by atoms with Crippen molar-refractivity contribution in [3.05, 3.63) is 51.8 Å². The zero-order chi connectivity index (χ0) is 19.0. The van der Waals surface area contributed by atoms with E-state index in [0.717, 1.165) is 27.4 Å². The number of imide groups is 1. The van der Waals surface area contributed by atoms with Gasteiger partial charge in [-0.2, -0.15) is 5.10 Å². The van der Waals surface area contributed by atoms with Crippen LogP contribution in [0.25, 0.3) is 0 Å². The molecule has 1 aromatic heterocycles. The standard InChI is InChI=1S/C19H22N4O3/c1-11-5-6-15-16(9-11)19(26)23(18(15)25)10-17(24)20-8-7-14-12(2)21-22(4)13(14)3/h5-6,9H,7-8,10H2,1-4H3,(H,20,24). The summed E-state index contributed by atoms with van der Waals surface area (Å²) in [4.78, 5) is 37.9. The maximum Gasteiger partial charge on any atom is 0.262 e. The van der Waals surface area contributed by atoms with Crippen molar-refractivity contribution in [2.75, 3.05) is 13.1 Å². The number of nitrogens with zero attached hydrogens (tertiary/aromatic N) is 3. The molecule has 0 radical (unpaired) electrons. The molecule has 1 aliphatic rings. The van der Waals surface area contributed by atoms with Gasteiger partial charge in [0.25, 0.3) is 11.8 Å². The lowest BCUT2D eigenvalue weighted by molar-refractivity contribution is -0.121. The summed E-state index contributed by atoms with van der Waals surface area (Å²) in [7, 11) is 1.88. The number of aromatic nitrogens is 2. The molecule has 1 aliphatic heterocycles. The Morgan fingerprint density at radius 2 is 1.81 bits per heavy atom. The molecule has 3 amide bonds. The van der Waals surface area contributed by atoms with Crippen LogP contribution in [0.4, 0.5) is 0 Å². The minimum Gasteiger partial charge on any atom is -0.354 e. The van der Waals surface area contributed by atoms with E-state index in [2.05, 4.69) is 10.4 Å². The minimum atomic E-state index is -0.418. The van der Waals surface area contributed by atoms with Crippen LogP contribution in [0.2, 0.25) is 0 Å². The molecule has 1 aromatic carbocycles. The third kappa shape index (κ3) is 3.12. The first-order valence-electron chi connectivity index (χ1n) is 8.52. The van der Waals surface area contributed by atoms with Crippen molar-refractivity contribution in [1.29, 1.82) is 0 Å². The summed E-state index contributed by atoms with van der Waals surface area (Å²) in [5.41, 5.74) is 4.73. The number of carbonyl (C=O) groups excluding carboxylic acids is 3. The second-order valence-corrected chi connectivity index (χ2v) is 6.62. The van der Waals surface area contributed by atoms with Crippen LogP contribution in [0.5, 0.6) is 0 Å². The van der Waals surface area contributed by atoms with Gasteiger partial charge in [-0.15, -0.1) is 0 Å². The van der Waals surface area contributed by atoms with Crippen LogP contribution in [-0.2, 0) is 18.3 Å². The first-order chi connectivity index (χ1) is 12.3. The predicted molar refractivity (Wildman–Crippen MR) is 95.9 cm³/mol.